The van der Waals surface area contributed by atoms with E-state index in [-0.39, 0.29) is 17.6 Å². The molecule has 5 nitrogen and oxygen atoms in total. The Morgan fingerprint density at radius 1 is 1.52 bits per heavy atom. The van der Waals surface area contributed by atoms with Gasteiger partial charge in [-0.2, -0.15) is 0 Å². The summed E-state index contributed by atoms with van der Waals surface area (Å²) in [6.07, 6.45) is 0.836. The molecule has 2 atom stereocenters. The molecule has 0 radical (unpaired) electrons. The van der Waals surface area contributed by atoms with Gasteiger partial charge in [-0.3, -0.25) is 0 Å². The number of halogens is 1. The fourth-order valence-electron chi connectivity index (χ4n) is 1.97. The minimum Gasteiger partial charge on any atom is -0.388 e. The largest absolute Gasteiger partial charge is 0.388 e. The first kappa shape index (κ1) is 17.7. The van der Waals surface area contributed by atoms with E-state index in [2.05, 4.69) is 15.6 Å². The van der Waals surface area contributed by atoms with Crippen molar-refractivity contribution in [3.05, 3.63) is 22.5 Å². The molecule has 0 aliphatic rings. The number of aromatic nitrogens is 1. The second kappa shape index (κ2) is 7.09. The Morgan fingerprint density at radius 2 is 2.14 bits per heavy atom. The molecule has 3 N–H and O–H groups in total. The summed E-state index contributed by atoms with van der Waals surface area (Å²) in [5.41, 5.74) is 1.18. The molecule has 1 aromatic rings. The number of rotatable bonds is 5. The number of anilines is 1. The normalized spacial score (nSPS) is 15.2. The van der Waals surface area contributed by atoms with Gasteiger partial charge in [-0.1, -0.05) is 31.9 Å². The second-order valence-electron chi connectivity index (χ2n) is 5.72. The molecule has 0 fully saturated rings. The van der Waals surface area contributed by atoms with E-state index >= 15 is 0 Å². The van der Waals surface area contributed by atoms with Crippen LogP contribution in [0.3, 0.4) is 0 Å². The summed E-state index contributed by atoms with van der Waals surface area (Å²) in [6, 6.07) is 1.44. The van der Waals surface area contributed by atoms with Crippen LogP contribution in [0.5, 0.6) is 0 Å². The van der Waals surface area contributed by atoms with Gasteiger partial charge in [0.1, 0.15) is 0 Å². The second-order valence-corrected chi connectivity index (χ2v) is 6.08. The average molecular weight is 314 g/mol. The third kappa shape index (κ3) is 4.86. The van der Waals surface area contributed by atoms with Crippen molar-refractivity contribution in [1.29, 1.82) is 0 Å². The van der Waals surface area contributed by atoms with E-state index < -0.39 is 11.6 Å². The van der Waals surface area contributed by atoms with E-state index in [0.29, 0.717) is 5.69 Å². The number of amides is 2. The highest BCUT2D eigenvalue weighted by Gasteiger charge is 2.27. The molecule has 1 rings (SSSR count). The van der Waals surface area contributed by atoms with Crippen molar-refractivity contribution < 1.29 is 9.90 Å². The van der Waals surface area contributed by atoms with Gasteiger partial charge in [-0.05, 0) is 38.3 Å². The maximum atomic E-state index is 11.9. The first-order chi connectivity index (χ1) is 9.67. The number of hydrogen-bond donors (Lipinski definition) is 3. The summed E-state index contributed by atoms with van der Waals surface area (Å²) < 4.78 is 0. The van der Waals surface area contributed by atoms with E-state index in [1.165, 1.54) is 0 Å². The van der Waals surface area contributed by atoms with Gasteiger partial charge in [0.05, 0.1) is 11.3 Å². The monoisotopic (exact) mass is 313 g/mol. The Morgan fingerprint density at radius 3 is 2.67 bits per heavy atom. The smallest absolute Gasteiger partial charge is 0.319 e. The number of carbonyl (C=O) groups excluding carboxylic acids is 1. The van der Waals surface area contributed by atoms with Crippen molar-refractivity contribution in [2.75, 3.05) is 11.9 Å². The lowest BCUT2D eigenvalue weighted by Crippen LogP contribution is -2.46. The molecule has 1 heterocycles. The van der Waals surface area contributed by atoms with E-state index in [9.17, 15) is 9.90 Å². The molecule has 1 aromatic heterocycles. The van der Waals surface area contributed by atoms with E-state index in [0.717, 1.165) is 17.7 Å². The number of hydrogen-bond acceptors (Lipinski definition) is 3. The summed E-state index contributed by atoms with van der Waals surface area (Å²) in [5, 5.41) is 15.9. The third-order valence-electron chi connectivity index (χ3n) is 3.82. The van der Waals surface area contributed by atoms with Crippen LogP contribution in [0, 0.1) is 19.8 Å². The van der Waals surface area contributed by atoms with Gasteiger partial charge in [0.15, 0.2) is 5.15 Å². The summed E-state index contributed by atoms with van der Waals surface area (Å²) in [5.74, 6) is 0.0872. The molecule has 0 saturated heterocycles. The van der Waals surface area contributed by atoms with Crippen molar-refractivity contribution in [3.63, 3.8) is 0 Å². The van der Waals surface area contributed by atoms with Crippen LogP contribution in [0.4, 0.5) is 10.5 Å². The Kier molecular flexibility index (Phi) is 5.98. The molecule has 6 heteroatoms. The zero-order valence-corrected chi connectivity index (χ0v) is 14.0. The molecule has 0 aliphatic carbocycles. The summed E-state index contributed by atoms with van der Waals surface area (Å²) in [4.78, 5) is 16.1. The van der Waals surface area contributed by atoms with Gasteiger partial charge >= 0.3 is 6.03 Å². The highest BCUT2D eigenvalue weighted by molar-refractivity contribution is 6.32. The maximum Gasteiger partial charge on any atom is 0.319 e. The molecule has 0 spiro atoms. The van der Waals surface area contributed by atoms with Crippen molar-refractivity contribution in [2.24, 2.45) is 5.92 Å². The van der Waals surface area contributed by atoms with Crippen LogP contribution < -0.4 is 10.6 Å². The molecule has 0 saturated carbocycles. The molecule has 0 aromatic carbocycles. The van der Waals surface area contributed by atoms with Gasteiger partial charge in [0, 0.05) is 12.2 Å². The van der Waals surface area contributed by atoms with Crippen LogP contribution in [0.1, 0.15) is 38.4 Å². The zero-order chi connectivity index (χ0) is 16.2. The Bertz CT molecular complexity index is 495. The number of aliphatic hydroxyl groups is 1. The standard InChI is InChI=1S/C15H24ClN3O2/c1-6-10(3)15(5,21)8-17-14(20)19-12-9(2)7-11(4)18-13(12)16/h7,10,21H,6,8H2,1-5H3,(H2,17,19,20). The summed E-state index contributed by atoms with van der Waals surface area (Å²) in [7, 11) is 0. The lowest BCUT2D eigenvalue weighted by Gasteiger charge is -2.29. The fourth-order valence-corrected chi connectivity index (χ4v) is 2.30. The van der Waals surface area contributed by atoms with Crippen LogP contribution >= 0.6 is 11.6 Å². The molecular formula is C15H24ClN3O2. The number of urea groups is 1. The number of nitrogens with zero attached hydrogens (tertiary/aromatic N) is 1. The van der Waals surface area contributed by atoms with Gasteiger partial charge in [-0.25, -0.2) is 9.78 Å². The van der Waals surface area contributed by atoms with E-state index in [1.807, 2.05) is 33.8 Å². The SMILES string of the molecule is CCC(C)C(C)(O)CNC(=O)Nc1c(C)cc(C)nc1Cl. The lowest BCUT2D eigenvalue weighted by molar-refractivity contribution is 0.00827. The third-order valence-corrected chi connectivity index (χ3v) is 4.09. The predicted octanol–water partition coefficient (Wildman–Crippen LogP) is 3.27. The predicted molar refractivity (Wildman–Crippen MR) is 85.8 cm³/mol. The number of carbonyl (C=O) groups is 1. The van der Waals surface area contributed by atoms with Crippen LogP contribution in [-0.2, 0) is 0 Å². The Labute approximate surface area is 131 Å². The van der Waals surface area contributed by atoms with Crippen molar-refractivity contribution >= 4 is 23.3 Å². The van der Waals surface area contributed by atoms with Gasteiger partial charge < -0.3 is 15.7 Å². The van der Waals surface area contributed by atoms with E-state index in [1.54, 1.807) is 6.92 Å². The van der Waals surface area contributed by atoms with Gasteiger partial charge in [0.2, 0.25) is 0 Å². The quantitative estimate of drug-likeness (QED) is 0.730. The molecule has 2 unspecified atom stereocenters. The molecular weight excluding hydrogens is 290 g/mol. The van der Waals surface area contributed by atoms with Gasteiger partial charge in [-0.15, -0.1) is 0 Å². The number of pyridine rings is 1. The first-order valence-corrected chi connectivity index (χ1v) is 7.46. The highest BCUT2D eigenvalue weighted by atomic mass is 35.5. The van der Waals surface area contributed by atoms with Crippen LogP contribution in [0.2, 0.25) is 5.15 Å². The van der Waals surface area contributed by atoms with Crippen LogP contribution in [0.25, 0.3) is 0 Å². The lowest BCUT2D eigenvalue weighted by atomic mass is 9.89. The Balaban J connectivity index is 2.67. The fraction of sp³-hybridized carbons (Fsp3) is 0.600. The maximum absolute atomic E-state index is 11.9. The minimum atomic E-state index is -0.948. The molecule has 21 heavy (non-hydrogen) atoms. The molecule has 0 aliphatic heterocycles. The van der Waals surface area contributed by atoms with Gasteiger partial charge in [0.25, 0.3) is 0 Å². The van der Waals surface area contributed by atoms with Crippen molar-refractivity contribution in [1.82, 2.24) is 10.3 Å². The average Bonchev–Trinajstić information content (AvgIpc) is 2.39. The number of aryl methyl sites for hydroxylation is 2. The van der Waals surface area contributed by atoms with E-state index in [4.69, 9.17) is 11.6 Å². The highest BCUT2D eigenvalue weighted by Crippen LogP contribution is 2.24. The Hall–Kier alpha value is -1.33. The summed E-state index contributed by atoms with van der Waals surface area (Å²) >= 11 is 6.04. The number of nitrogens with one attached hydrogen (secondary N) is 2. The van der Waals surface area contributed by atoms with Crippen LogP contribution in [-0.4, -0.2) is 28.3 Å². The molecule has 2 amide bonds. The molecule has 0 bridgehead atoms. The molecule has 118 valence electrons. The van der Waals surface area contributed by atoms with Crippen LogP contribution in [0.15, 0.2) is 6.07 Å². The first-order valence-electron chi connectivity index (χ1n) is 7.08. The zero-order valence-electron chi connectivity index (χ0n) is 13.2. The van der Waals surface area contributed by atoms with Crippen molar-refractivity contribution in [2.45, 2.75) is 46.6 Å². The topological polar surface area (TPSA) is 74.2 Å². The summed E-state index contributed by atoms with van der Waals surface area (Å²) in [6.45, 7) is 9.53. The minimum absolute atomic E-state index is 0.0872. The van der Waals surface area contributed by atoms with Crippen molar-refractivity contribution in [3.8, 4) is 0 Å².